The second-order valence-corrected chi connectivity index (χ2v) is 7.42. The molecule has 0 aromatic heterocycles. The fourth-order valence-electron chi connectivity index (χ4n) is 3.73. The number of alkyl halides is 3. The zero-order valence-electron chi connectivity index (χ0n) is 16.5. The molecule has 0 fully saturated rings. The van der Waals surface area contributed by atoms with E-state index in [1.165, 1.54) is 18.1 Å². The highest BCUT2D eigenvalue weighted by Crippen LogP contribution is 2.37. The van der Waals surface area contributed by atoms with Crippen molar-refractivity contribution in [3.8, 4) is 16.9 Å². The largest absolute Gasteiger partial charge is 0.573 e. The first-order chi connectivity index (χ1) is 14.2. The highest BCUT2D eigenvalue weighted by atomic mass is 19.4. The van der Waals surface area contributed by atoms with Crippen molar-refractivity contribution < 1.29 is 31.1 Å². The maximum Gasteiger partial charge on any atom is 0.573 e. The lowest BCUT2D eigenvalue weighted by Gasteiger charge is -2.19. The van der Waals surface area contributed by atoms with Crippen LogP contribution in [-0.4, -0.2) is 6.36 Å². The van der Waals surface area contributed by atoms with Gasteiger partial charge in [0, 0.05) is 5.56 Å². The van der Waals surface area contributed by atoms with Gasteiger partial charge < -0.3 is 4.74 Å². The number of hydrogen-bond donors (Lipinski definition) is 0. The van der Waals surface area contributed by atoms with Crippen LogP contribution in [0.5, 0.6) is 5.75 Å². The Bertz CT molecular complexity index is 922. The van der Waals surface area contributed by atoms with Crippen LogP contribution in [0.1, 0.15) is 56.6 Å². The lowest BCUT2D eigenvalue weighted by molar-refractivity contribution is -0.276. The van der Waals surface area contributed by atoms with Crippen molar-refractivity contribution in [3.05, 3.63) is 58.4 Å². The fraction of sp³-hybridized carbons (Fsp3) is 0.391. The summed E-state index contributed by atoms with van der Waals surface area (Å²) in [5.74, 6) is -5.26. The summed E-state index contributed by atoms with van der Waals surface area (Å²) < 4.78 is 83.4. The number of fused-ring (bicyclic) bond motifs is 1. The van der Waals surface area contributed by atoms with E-state index in [2.05, 4.69) is 11.7 Å². The second-order valence-electron chi connectivity index (χ2n) is 7.42. The van der Waals surface area contributed by atoms with Gasteiger partial charge in [0.25, 0.3) is 0 Å². The average Bonchev–Trinajstić information content (AvgIpc) is 2.67. The number of halogens is 6. The van der Waals surface area contributed by atoms with E-state index >= 15 is 4.39 Å². The van der Waals surface area contributed by atoms with E-state index in [9.17, 15) is 22.0 Å². The van der Waals surface area contributed by atoms with Crippen LogP contribution in [0.15, 0.2) is 29.8 Å². The molecule has 1 nitrogen and oxygen atoms in total. The monoisotopic (exact) mass is 428 g/mol. The Morgan fingerprint density at radius 1 is 0.933 bits per heavy atom. The number of ether oxygens (including phenoxy) is 1. The SMILES string of the molecule is CCCCCCC1=Cc2ccc(-c3cc(F)c(OC(F)(F)F)c(F)c3)c(F)c2CC1. The summed E-state index contributed by atoms with van der Waals surface area (Å²) >= 11 is 0. The second kappa shape index (κ2) is 9.14. The Morgan fingerprint density at radius 2 is 1.63 bits per heavy atom. The normalized spacial score (nSPS) is 13.8. The van der Waals surface area contributed by atoms with Gasteiger partial charge in [0.1, 0.15) is 5.82 Å². The molecule has 0 spiro atoms. The van der Waals surface area contributed by atoms with Gasteiger partial charge in [-0.05, 0) is 54.5 Å². The predicted octanol–water partition coefficient (Wildman–Crippen LogP) is 7.97. The van der Waals surface area contributed by atoms with Crippen molar-refractivity contribution in [2.24, 2.45) is 0 Å². The third-order valence-electron chi connectivity index (χ3n) is 5.21. The molecule has 0 saturated heterocycles. The van der Waals surface area contributed by atoms with Crippen molar-refractivity contribution in [1.29, 1.82) is 0 Å². The molecule has 162 valence electrons. The topological polar surface area (TPSA) is 9.23 Å². The van der Waals surface area contributed by atoms with Crippen molar-refractivity contribution >= 4 is 6.08 Å². The molecule has 0 aliphatic heterocycles. The van der Waals surface area contributed by atoms with Crippen molar-refractivity contribution in [1.82, 2.24) is 0 Å². The molecule has 0 bridgehead atoms. The molecule has 0 saturated carbocycles. The molecule has 7 heteroatoms. The van der Waals surface area contributed by atoms with Gasteiger partial charge in [0.2, 0.25) is 5.75 Å². The number of hydrogen-bond acceptors (Lipinski definition) is 1. The summed E-state index contributed by atoms with van der Waals surface area (Å²) in [6, 6.07) is 4.36. The van der Waals surface area contributed by atoms with Crippen molar-refractivity contribution in [3.63, 3.8) is 0 Å². The third-order valence-corrected chi connectivity index (χ3v) is 5.21. The summed E-state index contributed by atoms with van der Waals surface area (Å²) in [5, 5.41) is 0. The van der Waals surface area contributed by atoms with Crippen LogP contribution in [0.4, 0.5) is 26.3 Å². The van der Waals surface area contributed by atoms with Crippen LogP contribution < -0.4 is 4.74 Å². The number of benzene rings is 2. The highest BCUT2D eigenvalue weighted by molar-refractivity contribution is 5.71. The maximum absolute atomic E-state index is 15.1. The summed E-state index contributed by atoms with van der Waals surface area (Å²) in [6.45, 7) is 2.14. The van der Waals surface area contributed by atoms with Gasteiger partial charge in [-0.15, -0.1) is 13.2 Å². The van der Waals surface area contributed by atoms with Gasteiger partial charge in [-0.1, -0.05) is 50.0 Å². The molecule has 0 N–H and O–H groups in total. The van der Waals surface area contributed by atoms with E-state index in [4.69, 9.17) is 0 Å². The summed E-state index contributed by atoms with van der Waals surface area (Å²) in [4.78, 5) is 0. The van der Waals surface area contributed by atoms with E-state index in [1.807, 2.05) is 6.08 Å². The fourth-order valence-corrected chi connectivity index (χ4v) is 3.73. The minimum Gasteiger partial charge on any atom is -0.399 e. The molecular formula is C23H22F6O. The molecule has 3 rings (SSSR count). The van der Waals surface area contributed by atoms with Crippen LogP contribution in [-0.2, 0) is 6.42 Å². The molecule has 0 radical (unpaired) electrons. The third kappa shape index (κ3) is 5.18. The van der Waals surface area contributed by atoms with Crippen LogP contribution in [0.25, 0.3) is 17.2 Å². The summed E-state index contributed by atoms with van der Waals surface area (Å²) in [6.07, 6.45) is 3.43. The Balaban J connectivity index is 1.87. The predicted molar refractivity (Wildman–Crippen MR) is 103 cm³/mol. The van der Waals surface area contributed by atoms with Gasteiger partial charge in [0.15, 0.2) is 11.6 Å². The molecule has 1 aliphatic carbocycles. The van der Waals surface area contributed by atoms with E-state index in [-0.39, 0.29) is 11.1 Å². The smallest absolute Gasteiger partial charge is 0.399 e. The molecule has 0 atom stereocenters. The lowest BCUT2D eigenvalue weighted by Crippen LogP contribution is -2.19. The number of unbranched alkanes of at least 4 members (excludes halogenated alkanes) is 3. The molecule has 2 aromatic rings. The zero-order valence-corrected chi connectivity index (χ0v) is 16.5. The summed E-state index contributed by atoms with van der Waals surface area (Å²) in [5.41, 5.74) is 2.17. The standard InChI is InChI=1S/C23H22F6O/c1-2-3-4-5-6-14-7-9-17-15(11-14)8-10-18(21(17)26)16-12-19(24)22(20(25)13-16)30-23(27,28)29/h8,10-13H,2-7,9H2,1H3. The quantitative estimate of drug-likeness (QED) is 0.321. The number of rotatable bonds is 7. The minimum atomic E-state index is -5.24. The molecule has 30 heavy (non-hydrogen) atoms. The molecule has 2 aromatic carbocycles. The van der Waals surface area contributed by atoms with Crippen LogP contribution >= 0.6 is 0 Å². The molecule has 0 heterocycles. The average molecular weight is 428 g/mol. The van der Waals surface area contributed by atoms with Crippen molar-refractivity contribution in [2.45, 2.75) is 58.2 Å². The van der Waals surface area contributed by atoms with Crippen molar-refractivity contribution in [2.75, 3.05) is 0 Å². The Hall–Kier alpha value is -2.44. The van der Waals surface area contributed by atoms with E-state index in [0.717, 1.165) is 31.2 Å². The van der Waals surface area contributed by atoms with Gasteiger partial charge in [-0.25, -0.2) is 13.2 Å². The number of allylic oxidation sites excluding steroid dienone is 1. The lowest BCUT2D eigenvalue weighted by atomic mass is 9.87. The van der Waals surface area contributed by atoms with Gasteiger partial charge >= 0.3 is 6.36 Å². The summed E-state index contributed by atoms with van der Waals surface area (Å²) in [7, 11) is 0. The van der Waals surface area contributed by atoms with Gasteiger partial charge in [-0.2, -0.15) is 0 Å². The van der Waals surface area contributed by atoms with E-state index in [0.29, 0.717) is 30.5 Å². The first-order valence-corrected chi connectivity index (χ1v) is 9.95. The molecule has 0 unspecified atom stereocenters. The maximum atomic E-state index is 15.1. The Kier molecular flexibility index (Phi) is 6.78. The highest BCUT2D eigenvalue weighted by Gasteiger charge is 2.34. The first-order valence-electron chi connectivity index (χ1n) is 9.95. The van der Waals surface area contributed by atoms with E-state index in [1.54, 1.807) is 6.07 Å². The zero-order chi connectivity index (χ0) is 21.9. The van der Waals surface area contributed by atoms with Crippen LogP contribution in [0, 0.1) is 17.5 Å². The van der Waals surface area contributed by atoms with Crippen LogP contribution in [0.3, 0.4) is 0 Å². The molecule has 1 aliphatic rings. The van der Waals surface area contributed by atoms with E-state index < -0.39 is 29.6 Å². The first kappa shape index (κ1) is 22.2. The Morgan fingerprint density at radius 3 is 2.27 bits per heavy atom. The van der Waals surface area contributed by atoms with Gasteiger partial charge in [0.05, 0.1) is 0 Å². The molecular weight excluding hydrogens is 406 g/mol. The Labute approximate surface area is 171 Å². The minimum absolute atomic E-state index is 0.0649. The molecule has 0 amide bonds. The van der Waals surface area contributed by atoms with Gasteiger partial charge in [-0.3, -0.25) is 0 Å². The van der Waals surface area contributed by atoms with Crippen LogP contribution in [0.2, 0.25) is 0 Å².